The van der Waals surface area contributed by atoms with E-state index < -0.39 is 6.04 Å². The van der Waals surface area contributed by atoms with Gasteiger partial charge in [-0.15, -0.1) is 0 Å². The molecule has 0 radical (unpaired) electrons. The second kappa shape index (κ2) is 4.85. The van der Waals surface area contributed by atoms with E-state index in [-0.39, 0.29) is 18.2 Å². The van der Waals surface area contributed by atoms with Crippen molar-refractivity contribution in [3.05, 3.63) is 34.9 Å². The number of hydrogen-bond donors (Lipinski definition) is 1. The molecule has 0 aliphatic carbocycles. The van der Waals surface area contributed by atoms with Gasteiger partial charge in [0.25, 0.3) is 0 Å². The fraction of sp³-hybridized carbons (Fsp3) is 0.333. The van der Waals surface area contributed by atoms with Crippen molar-refractivity contribution in [3.63, 3.8) is 0 Å². The third-order valence-electron chi connectivity index (χ3n) is 2.85. The standard InChI is InChI=1S/C12H13ClN2O2/c1-15-11(16)6-10(12(15)17)14-7-8-2-4-9(13)5-3-8/h2-5,10,14H,6-7H2,1H3. The van der Waals surface area contributed by atoms with Gasteiger partial charge in [0.1, 0.15) is 0 Å². The number of hydrogen-bond acceptors (Lipinski definition) is 3. The predicted molar refractivity (Wildman–Crippen MR) is 64.5 cm³/mol. The molecule has 1 aliphatic rings. The van der Waals surface area contributed by atoms with Crippen LogP contribution in [0.1, 0.15) is 12.0 Å². The average Bonchev–Trinajstić information content (AvgIpc) is 2.56. The highest BCUT2D eigenvalue weighted by atomic mass is 35.5. The molecule has 1 fully saturated rings. The Bertz CT molecular complexity index is 444. The van der Waals surface area contributed by atoms with Gasteiger partial charge in [0.2, 0.25) is 11.8 Å². The van der Waals surface area contributed by atoms with Gasteiger partial charge in [-0.2, -0.15) is 0 Å². The Hall–Kier alpha value is -1.39. The van der Waals surface area contributed by atoms with Crippen LogP contribution in [0.2, 0.25) is 5.02 Å². The first-order valence-corrected chi connectivity index (χ1v) is 5.74. The van der Waals surface area contributed by atoms with E-state index in [1.807, 2.05) is 12.1 Å². The Kier molecular flexibility index (Phi) is 3.45. The highest BCUT2D eigenvalue weighted by Crippen LogP contribution is 2.13. The molecule has 1 aromatic carbocycles. The van der Waals surface area contributed by atoms with Crippen LogP contribution in [0.5, 0.6) is 0 Å². The summed E-state index contributed by atoms with van der Waals surface area (Å²) in [6.07, 6.45) is 0.239. The van der Waals surface area contributed by atoms with Crippen LogP contribution < -0.4 is 5.32 Å². The molecule has 0 spiro atoms. The van der Waals surface area contributed by atoms with Crippen molar-refractivity contribution >= 4 is 23.4 Å². The molecule has 1 atom stereocenters. The zero-order valence-corrected chi connectivity index (χ0v) is 10.2. The fourth-order valence-electron chi connectivity index (χ4n) is 1.76. The van der Waals surface area contributed by atoms with Crippen LogP contribution in [0, 0.1) is 0 Å². The smallest absolute Gasteiger partial charge is 0.246 e. The first-order valence-electron chi connectivity index (χ1n) is 5.36. The summed E-state index contributed by atoms with van der Waals surface area (Å²) in [6.45, 7) is 0.550. The van der Waals surface area contributed by atoms with Gasteiger partial charge < -0.3 is 5.32 Å². The van der Waals surface area contributed by atoms with Crippen molar-refractivity contribution in [1.29, 1.82) is 0 Å². The van der Waals surface area contributed by atoms with Crippen LogP contribution in [0.15, 0.2) is 24.3 Å². The Morgan fingerprint density at radius 3 is 2.53 bits per heavy atom. The highest BCUT2D eigenvalue weighted by Gasteiger charge is 2.35. The first-order chi connectivity index (χ1) is 8.08. The van der Waals surface area contributed by atoms with Crippen molar-refractivity contribution < 1.29 is 9.59 Å². The van der Waals surface area contributed by atoms with Gasteiger partial charge in [0.15, 0.2) is 0 Å². The number of likely N-dealkylation sites (N-methyl/N-ethyl adjacent to an activating group) is 1. The molecule has 0 aromatic heterocycles. The molecular formula is C12H13ClN2O2. The van der Waals surface area contributed by atoms with Gasteiger partial charge in [-0.25, -0.2) is 0 Å². The first kappa shape index (κ1) is 12.1. The van der Waals surface area contributed by atoms with Gasteiger partial charge in [0.05, 0.1) is 12.5 Å². The molecule has 0 saturated carbocycles. The van der Waals surface area contributed by atoms with Crippen LogP contribution in [0.3, 0.4) is 0 Å². The molecule has 1 unspecified atom stereocenters. The summed E-state index contributed by atoms with van der Waals surface area (Å²) >= 11 is 5.77. The lowest BCUT2D eigenvalue weighted by Crippen LogP contribution is -2.36. The van der Waals surface area contributed by atoms with Crippen LogP contribution in [-0.2, 0) is 16.1 Å². The topological polar surface area (TPSA) is 49.4 Å². The largest absolute Gasteiger partial charge is 0.301 e. The number of nitrogens with one attached hydrogen (secondary N) is 1. The van der Waals surface area contributed by atoms with Gasteiger partial charge in [0, 0.05) is 18.6 Å². The summed E-state index contributed by atoms with van der Waals surface area (Å²) in [5.74, 6) is -0.299. The molecule has 4 nitrogen and oxygen atoms in total. The number of nitrogens with zero attached hydrogens (tertiary/aromatic N) is 1. The van der Waals surface area contributed by atoms with E-state index in [2.05, 4.69) is 5.32 Å². The average molecular weight is 253 g/mol. The maximum Gasteiger partial charge on any atom is 0.246 e. The maximum absolute atomic E-state index is 11.6. The predicted octanol–water partition coefficient (Wildman–Crippen LogP) is 1.19. The molecule has 2 rings (SSSR count). The van der Waals surface area contributed by atoms with Crippen molar-refractivity contribution in [2.45, 2.75) is 19.0 Å². The van der Waals surface area contributed by atoms with E-state index in [0.717, 1.165) is 5.56 Å². The number of carbonyl (C=O) groups is 2. The summed E-state index contributed by atoms with van der Waals surface area (Å²) in [5.41, 5.74) is 1.03. The van der Waals surface area contributed by atoms with E-state index >= 15 is 0 Å². The van der Waals surface area contributed by atoms with Gasteiger partial charge >= 0.3 is 0 Å². The number of halogens is 1. The summed E-state index contributed by atoms with van der Waals surface area (Å²) in [6, 6.07) is 6.97. The molecule has 5 heteroatoms. The molecule has 1 heterocycles. The van der Waals surface area contributed by atoms with Gasteiger partial charge in [-0.3, -0.25) is 14.5 Å². The lowest BCUT2D eigenvalue weighted by Gasteiger charge is -2.10. The van der Waals surface area contributed by atoms with E-state index in [0.29, 0.717) is 11.6 Å². The zero-order chi connectivity index (χ0) is 12.4. The SMILES string of the molecule is CN1C(=O)CC(NCc2ccc(Cl)cc2)C1=O. The minimum absolute atomic E-state index is 0.136. The Balaban J connectivity index is 1.93. The van der Waals surface area contributed by atoms with E-state index in [1.165, 1.54) is 11.9 Å². The van der Waals surface area contributed by atoms with Crippen molar-refractivity contribution in [2.75, 3.05) is 7.05 Å². The third kappa shape index (κ3) is 2.65. The molecule has 2 amide bonds. The molecule has 1 saturated heterocycles. The van der Waals surface area contributed by atoms with Crippen LogP contribution in [-0.4, -0.2) is 29.8 Å². The maximum atomic E-state index is 11.6. The van der Waals surface area contributed by atoms with Crippen molar-refractivity contribution in [2.24, 2.45) is 0 Å². The Morgan fingerprint density at radius 2 is 2.00 bits per heavy atom. The lowest BCUT2D eigenvalue weighted by molar-refractivity contribution is -0.137. The number of carbonyl (C=O) groups excluding carboxylic acids is 2. The number of benzene rings is 1. The fourth-order valence-corrected chi connectivity index (χ4v) is 1.88. The van der Waals surface area contributed by atoms with E-state index in [1.54, 1.807) is 12.1 Å². The molecule has 0 bridgehead atoms. The minimum atomic E-state index is -0.400. The van der Waals surface area contributed by atoms with Gasteiger partial charge in [-0.1, -0.05) is 23.7 Å². The second-order valence-corrected chi connectivity index (χ2v) is 4.49. The molecule has 1 N–H and O–H groups in total. The molecule has 1 aromatic rings. The van der Waals surface area contributed by atoms with Crippen LogP contribution in [0.25, 0.3) is 0 Å². The van der Waals surface area contributed by atoms with E-state index in [4.69, 9.17) is 11.6 Å². The molecular weight excluding hydrogens is 240 g/mol. The van der Waals surface area contributed by atoms with Crippen LogP contribution >= 0.6 is 11.6 Å². The number of likely N-dealkylation sites (tertiary alicyclic amines) is 1. The Morgan fingerprint density at radius 1 is 1.35 bits per heavy atom. The monoisotopic (exact) mass is 252 g/mol. The third-order valence-corrected chi connectivity index (χ3v) is 3.10. The Labute approximate surface area is 105 Å². The lowest BCUT2D eigenvalue weighted by atomic mass is 10.2. The van der Waals surface area contributed by atoms with Crippen LogP contribution in [0.4, 0.5) is 0 Å². The van der Waals surface area contributed by atoms with Crippen molar-refractivity contribution in [1.82, 2.24) is 10.2 Å². The van der Waals surface area contributed by atoms with Crippen molar-refractivity contribution in [3.8, 4) is 0 Å². The zero-order valence-electron chi connectivity index (χ0n) is 9.44. The van der Waals surface area contributed by atoms with E-state index in [9.17, 15) is 9.59 Å². The molecule has 1 aliphatic heterocycles. The summed E-state index contributed by atoms with van der Waals surface area (Å²) in [4.78, 5) is 24.1. The second-order valence-electron chi connectivity index (χ2n) is 4.06. The number of imide groups is 1. The minimum Gasteiger partial charge on any atom is -0.301 e. The molecule has 17 heavy (non-hydrogen) atoms. The number of amides is 2. The molecule has 90 valence electrons. The normalized spacial score (nSPS) is 20.1. The number of rotatable bonds is 3. The quantitative estimate of drug-likeness (QED) is 0.822. The summed E-state index contributed by atoms with van der Waals surface area (Å²) in [5, 5.41) is 3.75. The highest BCUT2D eigenvalue weighted by molar-refractivity contribution is 6.30. The summed E-state index contributed by atoms with van der Waals surface area (Å²) < 4.78 is 0. The van der Waals surface area contributed by atoms with Gasteiger partial charge in [-0.05, 0) is 17.7 Å². The summed E-state index contributed by atoms with van der Waals surface area (Å²) in [7, 11) is 1.51.